The van der Waals surface area contributed by atoms with Crippen LogP contribution in [0.4, 0.5) is 23.2 Å². The third kappa shape index (κ3) is 4.49. The molecule has 7 nitrogen and oxygen atoms in total. The molecule has 2 amide bonds. The van der Waals surface area contributed by atoms with E-state index in [0.717, 1.165) is 26.0 Å². The number of hydrogen-bond acceptors (Lipinski definition) is 4. The first kappa shape index (κ1) is 24.6. The Kier molecular flexibility index (Phi) is 6.49. The lowest BCUT2D eigenvalue weighted by molar-refractivity contribution is -0.187. The van der Waals surface area contributed by atoms with Gasteiger partial charge < -0.3 is 15.2 Å². The number of nitrogens with one attached hydrogen (secondary N) is 2. The zero-order chi connectivity index (χ0) is 24.6. The van der Waals surface area contributed by atoms with Gasteiger partial charge in [0, 0.05) is 18.4 Å². The van der Waals surface area contributed by atoms with Gasteiger partial charge in [-0.2, -0.15) is 18.4 Å². The Morgan fingerprint density at radius 1 is 1.12 bits per heavy atom. The van der Waals surface area contributed by atoms with E-state index in [1.165, 1.54) is 31.5 Å². The van der Waals surface area contributed by atoms with Crippen LogP contribution in [-0.2, 0) is 11.8 Å². The Bertz CT molecular complexity index is 1160. The summed E-state index contributed by atoms with van der Waals surface area (Å²) in [6.07, 6.45) is -4.79. The smallest absolute Gasteiger partial charge is 0.343 e. The van der Waals surface area contributed by atoms with Crippen LogP contribution in [0.5, 0.6) is 0 Å². The van der Waals surface area contributed by atoms with E-state index in [1.54, 1.807) is 11.4 Å². The van der Waals surface area contributed by atoms with Crippen LogP contribution in [0.15, 0.2) is 18.2 Å². The number of benzene rings is 1. The second-order valence-electron chi connectivity index (χ2n) is 7.66. The average molecular weight is 452 g/mol. The maximum absolute atomic E-state index is 13.5. The van der Waals surface area contributed by atoms with Crippen LogP contribution in [0.3, 0.4) is 0 Å². The van der Waals surface area contributed by atoms with Gasteiger partial charge in [-0.25, -0.2) is 4.39 Å². The summed E-state index contributed by atoms with van der Waals surface area (Å²) >= 11 is 0. The summed E-state index contributed by atoms with van der Waals surface area (Å²) in [6.45, 7) is 4.26. The van der Waals surface area contributed by atoms with Gasteiger partial charge in [-0.1, -0.05) is 0 Å². The topological polar surface area (TPSA) is 104 Å². The predicted molar refractivity (Wildman–Crippen MR) is 107 cm³/mol. The molecular weight excluding hydrogens is 432 g/mol. The molecule has 0 radical (unpaired) electrons. The van der Waals surface area contributed by atoms with Gasteiger partial charge in [-0.15, -0.1) is 0 Å². The molecular formula is C21H20F4N4O3. The molecule has 1 heterocycles. The van der Waals surface area contributed by atoms with E-state index in [9.17, 15) is 31.9 Å². The van der Waals surface area contributed by atoms with Gasteiger partial charge in [0.1, 0.15) is 23.1 Å². The van der Waals surface area contributed by atoms with E-state index in [1.807, 2.05) is 0 Å². The van der Waals surface area contributed by atoms with Gasteiger partial charge in [0.25, 0.3) is 17.6 Å². The first-order chi connectivity index (χ1) is 14.6. The number of carbonyl (C=O) groups is 3. The highest BCUT2D eigenvalue weighted by atomic mass is 19.4. The first-order valence-corrected chi connectivity index (χ1v) is 9.22. The van der Waals surface area contributed by atoms with Gasteiger partial charge in [0.05, 0.1) is 11.1 Å². The maximum Gasteiger partial charge on any atom is 0.410 e. The third-order valence-corrected chi connectivity index (χ3v) is 5.06. The third-order valence-electron chi connectivity index (χ3n) is 5.06. The van der Waals surface area contributed by atoms with Crippen LogP contribution in [0.1, 0.15) is 51.5 Å². The highest BCUT2D eigenvalue weighted by molar-refractivity contribution is 6.43. The van der Waals surface area contributed by atoms with E-state index in [0.29, 0.717) is 0 Å². The standard InChI is InChI=1S/C21H20F4N4O3/c1-10-15(17(30)19(32)28-20(3,4)21(23,24)25)11(2)29(5)16(10)18(31)27-13-6-7-14(22)12(8-13)9-26/h6-8H,1-5H3,(H,27,31)(H,28,32). The van der Waals surface area contributed by atoms with Crippen LogP contribution in [0.25, 0.3) is 0 Å². The average Bonchev–Trinajstić information content (AvgIpc) is 2.90. The highest BCUT2D eigenvalue weighted by Crippen LogP contribution is 2.30. The number of hydrogen-bond donors (Lipinski definition) is 2. The van der Waals surface area contributed by atoms with Crippen molar-refractivity contribution in [3.63, 3.8) is 0 Å². The molecule has 0 fully saturated rings. The molecule has 1 aromatic carbocycles. The lowest BCUT2D eigenvalue weighted by atomic mass is 10.0. The summed E-state index contributed by atoms with van der Waals surface area (Å²) in [6, 6.07) is 5.00. The first-order valence-electron chi connectivity index (χ1n) is 9.22. The Morgan fingerprint density at radius 2 is 1.72 bits per heavy atom. The van der Waals surface area contributed by atoms with Crippen molar-refractivity contribution in [2.45, 2.75) is 39.4 Å². The summed E-state index contributed by atoms with van der Waals surface area (Å²) < 4.78 is 54.0. The Morgan fingerprint density at radius 3 is 2.25 bits per heavy atom. The molecule has 2 aromatic rings. The number of halogens is 4. The lowest BCUT2D eigenvalue weighted by Crippen LogP contribution is -2.55. The van der Waals surface area contributed by atoms with Gasteiger partial charge in [0.15, 0.2) is 0 Å². The molecule has 0 aliphatic rings. The van der Waals surface area contributed by atoms with Crippen molar-refractivity contribution in [3.8, 4) is 6.07 Å². The zero-order valence-electron chi connectivity index (χ0n) is 17.9. The van der Waals surface area contributed by atoms with Crippen molar-refractivity contribution >= 4 is 23.3 Å². The molecule has 0 aliphatic carbocycles. The number of rotatable bonds is 5. The van der Waals surface area contributed by atoms with Crippen molar-refractivity contribution in [2.24, 2.45) is 7.05 Å². The lowest BCUT2D eigenvalue weighted by Gasteiger charge is -2.28. The fourth-order valence-electron chi connectivity index (χ4n) is 3.04. The molecule has 170 valence electrons. The van der Waals surface area contributed by atoms with Gasteiger partial charge >= 0.3 is 6.18 Å². The van der Waals surface area contributed by atoms with Crippen molar-refractivity contribution in [2.75, 3.05) is 5.32 Å². The highest BCUT2D eigenvalue weighted by Gasteiger charge is 2.49. The van der Waals surface area contributed by atoms with E-state index < -0.39 is 35.1 Å². The van der Waals surface area contributed by atoms with Gasteiger partial charge in [-0.3, -0.25) is 14.4 Å². The largest absolute Gasteiger partial charge is 0.410 e. The number of amides is 2. The molecule has 0 atom stereocenters. The maximum atomic E-state index is 13.5. The van der Waals surface area contributed by atoms with E-state index in [2.05, 4.69) is 5.32 Å². The molecule has 0 saturated carbocycles. The molecule has 2 rings (SSSR count). The number of alkyl halides is 3. The molecule has 2 N–H and O–H groups in total. The number of nitriles is 1. The summed E-state index contributed by atoms with van der Waals surface area (Å²) in [5, 5.41) is 13.1. The van der Waals surface area contributed by atoms with Crippen LogP contribution < -0.4 is 10.6 Å². The van der Waals surface area contributed by atoms with Crippen molar-refractivity contribution in [3.05, 3.63) is 52.1 Å². The Balaban J connectivity index is 2.38. The molecule has 1 aromatic heterocycles. The Hall–Kier alpha value is -3.68. The number of ketones is 1. The number of nitrogens with zero attached hydrogens (tertiary/aromatic N) is 2. The number of carbonyl (C=O) groups excluding carboxylic acids is 3. The fraction of sp³-hybridized carbons (Fsp3) is 0.333. The molecule has 0 spiro atoms. The van der Waals surface area contributed by atoms with Crippen molar-refractivity contribution in [1.82, 2.24) is 9.88 Å². The zero-order valence-corrected chi connectivity index (χ0v) is 17.9. The van der Waals surface area contributed by atoms with E-state index in [4.69, 9.17) is 5.26 Å². The van der Waals surface area contributed by atoms with Crippen LogP contribution in [0, 0.1) is 31.0 Å². The van der Waals surface area contributed by atoms with E-state index >= 15 is 0 Å². The van der Waals surface area contributed by atoms with Crippen molar-refractivity contribution in [1.29, 1.82) is 5.26 Å². The fourth-order valence-corrected chi connectivity index (χ4v) is 3.04. The van der Waals surface area contributed by atoms with E-state index in [-0.39, 0.29) is 33.8 Å². The summed E-state index contributed by atoms with van der Waals surface area (Å²) in [5.41, 5.74) is -2.78. The summed E-state index contributed by atoms with van der Waals surface area (Å²) in [5.74, 6) is -4.18. The minimum Gasteiger partial charge on any atom is -0.343 e. The molecule has 0 aliphatic heterocycles. The van der Waals surface area contributed by atoms with Crippen LogP contribution in [-0.4, -0.2) is 33.9 Å². The minimum absolute atomic E-state index is 0.0310. The number of aromatic nitrogens is 1. The van der Waals surface area contributed by atoms with Crippen molar-refractivity contribution < 1.29 is 31.9 Å². The molecule has 0 bridgehead atoms. The van der Waals surface area contributed by atoms with Crippen LogP contribution >= 0.6 is 0 Å². The molecule has 11 heteroatoms. The Labute approximate surface area is 181 Å². The summed E-state index contributed by atoms with van der Waals surface area (Å²) in [7, 11) is 1.44. The molecule has 32 heavy (non-hydrogen) atoms. The predicted octanol–water partition coefficient (Wildman–Crippen LogP) is 3.54. The quantitative estimate of drug-likeness (QED) is 0.411. The normalized spacial score (nSPS) is 11.6. The molecule has 0 saturated heterocycles. The second kappa shape index (κ2) is 8.45. The van der Waals surface area contributed by atoms with Gasteiger partial charge in [-0.05, 0) is 51.5 Å². The SMILES string of the molecule is Cc1c(C(=O)C(=O)NC(C)(C)C(F)(F)F)c(C)n(C)c1C(=O)Nc1ccc(F)c(C#N)c1. The molecule has 0 unspecified atom stereocenters. The second-order valence-corrected chi connectivity index (χ2v) is 7.66. The van der Waals surface area contributed by atoms with Crippen LogP contribution in [0.2, 0.25) is 0 Å². The number of anilines is 1. The number of Topliss-reactive ketones (excluding diaryl/α,β-unsaturated/α-hetero) is 1. The monoisotopic (exact) mass is 452 g/mol. The summed E-state index contributed by atoms with van der Waals surface area (Å²) in [4.78, 5) is 37.7. The minimum atomic E-state index is -4.79. The van der Waals surface area contributed by atoms with Gasteiger partial charge in [0.2, 0.25) is 0 Å².